The molecule has 28 heavy (non-hydrogen) atoms. The van der Waals surface area contributed by atoms with Gasteiger partial charge in [0.15, 0.2) is 6.10 Å². The van der Waals surface area contributed by atoms with E-state index in [1.807, 2.05) is 32.0 Å². The molecule has 2 aromatic rings. The van der Waals surface area contributed by atoms with Crippen LogP contribution in [0, 0.1) is 13.8 Å². The van der Waals surface area contributed by atoms with Crippen molar-refractivity contribution in [3.05, 3.63) is 59.7 Å². The molecule has 0 unspecified atom stereocenters. The van der Waals surface area contributed by atoms with E-state index < -0.39 is 16.1 Å². The van der Waals surface area contributed by atoms with Crippen LogP contribution in [0.3, 0.4) is 0 Å². The number of sulfonamides is 1. The molecule has 0 spiro atoms. The zero-order valence-electron chi connectivity index (χ0n) is 16.5. The molecule has 0 aromatic heterocycles. The molecule has 6 nitrogen and oxygen atoms in total. The van der Waals surface area contributed by atoms with E-state index in [9.17, 15) is 13.2 Å². The number of hydrogen-bond donors (Lipinski definition) is 0. The Balaban J connectivity index is 1.61. The van der Waals surface area contributed by atoms with Gasteiger partial charge in [0.05, 0.1) is 4.90 Å². The Bertz CT molecular complexity index is 936. The maximum absolute atomic E-state index is 12.8. The van der Waals surface area contributed by atoms with Gasteiger partial charge in [-0.25, -0.2) is 8.42 Å². The van der Waals surface area contributed by atoms with Crippen molar-refractivity contribution in [2.24, 2.45) is 0 Å². The molecule has 1 atom stereocenters. The lowest BCUT2D eigenvalue weighted by atomic mass is 10.1. The summed E-state index contributed by atoms with van der Waals surface area (Å²) in [5, 5.41) is 0. The number of carbonyl (C=O) groups is 1. The first-order valence-electron chi connectivity index (χ1n) is 9.37. The molecule has 0 aliphatic carbocycles. The van der Waals surface area contributed by atoms with Gasteiger partial charge in [0.2, 0.25) is 10.0 Å². The fraction of sp³-hybridized carbons (Fsp3) is 0.381. The number of benzene rings is 2. The summed E-state index contributed by atoms with van der Waals surface area (Å²) in [4.78, 5) is 14.7. The smallest absolute Gasteiger partial charge is 0.263 e. The van der Waals surface area contributed by atoms with Crippen molar-refractivity contribution in [1.29, 1.82) is 0 Å². The van der Waals surface area contributed by atoms with Crippen molar-refractivity contribution >= 4 is 15.9 Å². The van der Waals surface area contributed by atoms with Crippen LogP contribution < -0.4 is 4.74 Å². The highest BCUT2D eigenvalue weighted by molar-refractivity contribution is 7.89. The van der Waals surface area contributed by atoms with Gasteiger partial charge in [0, 0.05) is 26.2 Å². The monoisotopic (exact) mass is 402 g/mol. The molecule has 1 saturated heterocycles. The zero-order chi connectivity index (χ0) is 20.3. The molecule has 2 aromatic carbocycles. The lowest BCUT2D eigenvalue weighted by Crippen LogP contribution is -2.53. The zero-order valence-corrected chi connectivity index (χ0v) is 17.3. The van der Waals surface area contributed by atoms with Crippen LogP contribution in [0.15, 0.2) is 53.4 Å². The molecule has 0 N–H and O–H groups in total. The van der Waals surface area contributed by atoms with Gasteiger partial charge in [0.25, 0.3) is 5.91 Å². The first kappa shape index (κ1) is 20.4. The molecule has 7 heteroatoms. The first-order chi connectivity index (χ1) is 13.3. The van der Waals surface area contributed by atoms with E-state index in [-0.39, 0.29) is 23.9 Å². The van der Waals surface area contributed by atoms with E-state index >= 15 is 0 Å². The van der Waals surface area contributed by atoms with Gasteiger partial charge < -0.3 is 9.64 Å². The topological polar surface area (TPSA) is 66.9 Å². The summed E-state index contributed by atoms with van der Waals surface area (Å²) in [5.74, 6) is 0.573. The number of aryl methyl sites for hydroxylation is 2. The van der Waals surface area contributed by atoms with Crippen LogP contribution in [-0.4, -0.2) is 55.8 Å². The Labute approximate surface area is 166 Å². The number of nitrogens with zero attached hydrogens (tertiary/aromatic N) is 2. The molecule has 0 radical (unpaired) electrons. The van der Waals surface area contributed by atoms with Gasteiger partial charge in [-0.2, -0.15) is 4.31 Å². The minimum absolute atomic E-state index is 0.127. The van der Waals surface area contributed by atoms with E-state index in [0.717, 1.165) is 11.1 Å². The van der Waals surface area contributed by atoms with Gasteiger partial charge in [-0.3, -0.25) is 4.79 Å². The summed E-state index contributed by atoms with van der Waals surface area (Å²) in [6, 6.07) is 14.3. The van der Waals surface area contributed by atoms with Gasteiger partial charge in [-0.15, -0.1) is 0 Å². The van der Waals surface area contributed by atoms with E-state index in [1.165, 1.54) is 4.31 Å². The summed E-state index contributed by atoms with van der Waals surface area (Å²) in [5.41, 5.74) is 2.05. The van der Waals surface area contributed by atoms with Crippen LogP contribution in [0.25, 0.3) is 0 Å². The number of piperazine rings is 1. The van der Waals surface area contributed by atoms with Crippen LogP contribution in [0.1, 0.15) is 18.1 Å². The van der Waals surface area contributed by atoms with Gasteiger partial charge in [-0.05, 0) is 50.1 Å². The van der Waals surface area contributed by atoms with Crippen LogP contribution in [0.5, 0.6) is 5.75 Å². The van der Waals surface area contributed by atoms with Crippen LogP contribution >= 0.6 is 0 Å². The minimum Gasteiger partial charge on any atom is -0.481 e. The third kappa shape index (κ3) is 4.36. The predicted octanol–water partition coefficient (Wildman–Crippen LogP) is 2.60. The molecule has 150 valence electrons. The quantitative estimate of drug-likeness (QED) is 0.771. The van der Waals surface area contributed by atoms with E-state index in [4.69, 9.17) is 4.74 Å². The van der Waals surface area contributed by atoms with Crippen molar-refractivity contribution in [1.82, 2.24) is 9.21 Å². The molecule has 3 rings (SSSR count). The number of hydrogen-bond acceptors (Lipinski definition) is 4. The Morgan fingerprint density at radius 1 is 1.00 bits per heavy atom. The third-order valence-electron chi connectivity index (χ3n) is 4.93. The standard InChI is InChI=1S/C21H26N2O4S/c1-16-9-10-17(2)20(15-16)27-18(3)21(24)22-11-13-23(14-12-22)28(25,26)19-7-5-4-6-8-19/h4-10,15,18H,11-14H2,1-3H3/t18-/m0/s1. The van der Waals surface area contributed by atoms with Crippen LogP contribution in [-0.2, 0) is 14.8 Å². The summed E-state index contributed by atoms with van der Waals surface area (Å²) in [7, 11) is -3.53. The van der Waals surface area contributed by atoms with Gasteiger partial charge in [0.1, 0.15) is 5.75 Å². The Morgan fingerprint density at radius 2 is 1.64 bits per heavy atom. The van der Waals surface area contributed by atoms with Crippen molar-refractivity contribution in [3.8, 4) is 5.75 Å². The van der Waals surface area contributed by atoms with Crippen molar-refractivity contribution in [2.45, 2.75) is 31.8 Å². The molecule has 0 saturated carbocycles. The van der Waals surface area contributed by atoms with E-state index in [2.05, 4.69) is 0 Å². The molecule has 1 aliphatic heterocycles. The summed E-state index contributed by atoms with van der Waals surface area (Å²) >= 11 is 0. The lowest BCUT2D eigenvalue weighted by molar-refractivity contribution is -0.139. The second-order valence-electron chi connectivity index (χ2n) is 7.07. The van der Waals surface area contributed by atoms with E-state index in [1.54, 1.807) is 42.2 Å². The SMILES string of the molecule is Cc1ccc(C)c(O[C@@H](C)C(=O)N2CCN(S(=O)(=O)c3ccccc3)CC2)c1. The maximum atomic E-state index is 12.8. The second kappa shape index (κ2) is 8.32. The Kier molecular flexibility index (Phi) is 6.05. The fourth-order valence-electron chi connectivity index (χ4n) is 3.22. The average Bonchev–Trinajstić information content (AvgIpc) is 2.71. The largest absolute Gasteiger partial charge is 0.481 e. The first-order valence-corrected chi connectivity index (χ1v) is 10.8. The highest BCUT2D eigenvalue weighted by Crippen LogP contribution is 2.22. The highest BCUT2D eigenvalue weighted by Gasteiger charge is 2.32. The second-order valence-corrected chi connectivity index (χ2v) is 9.01. The number of rotatable bonds is 5. The Hall–Kier alpha value is -2.38. The lowest BCUT2D eigenvalue weighted by Gasteiger charge is -2.35. The fourth-order valence-corrected chi connectivity index (χ4v) is 4.67. The highest BCUT2D eigenvalue weighted by atomic mass is 32.2. The van der Waals surface area contributed by atoms with Crippen molar-refractivity contribution in [3.63, 3.8) is 0 Å². The molecular weight excluding hydrogens is 376 g/mol. The normalized spacial score (nSPS) is 16.6. The Morgan fingerprint density at radius 3 is 2.29 bits per heavy atom. The van der Waals surface area contributed by atoms with E-state index in [0.29, 0.717) is 18.8 Å². The molecule has 1 aliphatic rings. The number of carbonyl (C=O) groups excluding carboxylic acids is 1. The minimum atomic E-state index is -3.53. The predicted molar refractivity (Wildman–Crippen MR) is 108 cm³/mol. The van der Waals surface area contributed by atoms with Crippen molar-refractivity contribution < 1.29 is 17.9 Å². The molecule has 0 bridgehead atoms. The van der Waals surface area contributed by atoms with Gasteiger partial charge >= 0.3 is 0 Å². The third-order valence-corrected chi connectivity index (χ3v) is 6.84. The molecule has 1 heterocycles. The van der Waals surface area contributed by atoms with Crippen LogP contribution in [0.2, 0.25) is 0 Å². The summed E-state index contributed by atoms with van der Waals surface area (Å²) in [6.45, 7) is 6.91. The average molecular weight is 403 g/mol. The molecule has 1 amide bonds. The number of ether oxygens (including phenoxy) is 1. The van der Waals surface area contributed by atoms with Crippen LogP contribution in [0.4, 0.5) is 0 Å². The maximum Gasteiger partial charge on any atom is 0.263 e. The molecular formula is C21H26N2O4S. The van der Waals surface area contributed by atoms with Gasteiger partial charge in [-0.1, -0.05) is 30.3 Å². The molecule has 1 fully saturated rings. The number of amides is 1. The summed E-state index contributed by atoms with van der Waals surface area (Å²) < 4.78 is 32.7. The van der Waals surface area contributed by atoms with Crippen molar-refractivity contribution in [2.75, 3.05) is 26.2 Å². The summed E-state index contributed by atoms with van der Waals surface area (Å²) in [6.07, 6.45) is -0.627.